The molecule has 19 heavy (non-hydrogen) atoms. The summed E-state index contributed by atoms with van der Waals surface area (Å²) in [4.78, 5) is 25.0. The van der Waals surface area contributed by atoms with Crippen LogP contribution in [0.5, 0.6) is 0 Å². The Hall–Kier alpha value is -1.48. The molecule has 0 radical (unpaired) electrons. The second-order valence-electron chi connectivity index (χ2n) is 4.73. The minimum atomic E-state index is -1.03. The van der Waals surface area contributed by atoms with E-state index in [-0.39, 0.29) is 6.61 Å². The second-order valence-corrected chi connectivity index (χ2v) is 4.73. The number of hydrogen-bond donors (Lipinski definition) is 3. The van der Waals surface area contributed by atoms with Crippen molar-refractivity contribution in [3.05, 3.63) is 33.1 Å². The van der Waals surface area contributed by atoms with Crippen molar-refractivity contribution >= 4 is 0 Å². The summed E-state index contributed by atoms with van der Waals surface area (Å²) in [5.74, 6) is 0. The molecule has 3 rings (SSSR count). The van der Waals surface area contributed by atoms with E-state index < -0.39 is 35.3 Å². The molecule has 0 saturated carbocycles. The van der Waals surface area contributed by atoms with Gasteiger partial charge in [0.25, 0.3) is 5.56 Å². The van der Waals surface area contributed by atoms with Crippen LogP contribution in [0.2, 0.25) is 0 Å². The maximum absolute atomic E-state index is 11.8. The first-order valence-electron chi connectivity index (χ1n) is 5.98. The molecular formula is C11H14N2O6. The topological polar surface area (TPSA) is 114 Å². The average Bonchev–Trinajstić information content (AvgIpc) is 2.62. The van der Waals surface area contributed by atoms with E-state index >= 15 is 0 Å². The zero-order valence-corrected chi connectivity index (χ0v) is 9.98. The summed E-state index contributed by atoms with van der Waals surface area (Å²) in [7, 11) is 0. The Kier molecular flexibility index (Phi) is 2.82. The van der Waals surface area contributed by atoms with Gasteiger partial charge in [0.15, 0.2) is 6.23 Å². The van der Waals surface area contributed by atoms with Gasteiger partial charge >= 0.3 is 5.69 Å². The lowest BCUT2D eigenvalue weighted by molar-refractivity contribution is -0.227. The molecule has 2 fully saturated rings. The number of hydrogen-bond acceptors (Lipinski definition) is 6. The molecule has 4 atom stereocenters. The van der Waals surface area contributed by atoms with E-state index in [2.05, 4.69) is 4.98 Å². The molecule has 2 saturated heterocycles. The number of rotatable bonds is 2. The highest BCUT2D eigenvalue weighted by Gasteiger charge is 2.61. The zero-order valence-electron chi connectivity index (χ0n) is 9.98. The normalized spacial score (nSPS) is 37.5. The molecule has 3 heterocycles. The molecule has 1 aromatic rings. The van der Waals surface area contributed by atoms with Crippen molar-refractivity contribution in [3.8, 4) is 0 Å². The Morgan fingerprint density at radius 2 is 2.26 bits per heavy atom. The van der Waals surface area contributed by atoms with Gasteiger partial charge in [-0.3, -0.25) is 14.3 Å². The standard InChI is InChI=1S/C11H14N2O6/c14-5-6-8(16)11(2-4-18-11)9(19-6)13-3-1-7(15)12-10(13)17/h1,3,6,8-9,14,16H,2,4-5H2,(H,12,15,17)/t6?,8-,9?,11+/m1/s1. The lowest BCUT2D eigenvalue weighted by Gasteiger charge is -2.44. The van der Waals surface area contributed by atoms with Crippen molar-refractivity contribution in [1.82, 2.24) is 9.55 Å². The maximum atomic E-state index is 11.8. The van der Waals surface area contributed by atoms with E-state index in [4.69, 9.17) is 9.47 Å². The number of ether oxygens (including phenoxy) is 2. The molecule has 2 aliphatic rings. The molecule has 8 nitrogen and oxygen atoms in total. The summed E-state index contributed by atoms with van der Waals surface area (Å²) in [6, 6.07) is 1.19. The van der Waals surface area contributed by atoms with Crippen molar-refractivity contribution in [2.24, 2.45) is 0 Å². The number of nitrogens with zero attached hydrogens (tertiary/aromatic N) is 1. The Morgan fingerprint density at radius 1 is 1.53 bits per heavy atom. The summed E-state index contributed by atoms with van der Waals surface area (Å²) >= 11 is 0. The fourth-order valence-electron chi connectivity index (χ4n) is 2.64. The third-order valence-corrected chi connectivity index (χ3v) is 3.72. The van der Waals surface area contributed by atoms with Gasteiger partial charge in [-0.15, -0.1) is 0 Å². The van der Waals surface area contributed by atoms with Gasteiger partial charge in [0.05, 0.1) is 13.2 Å². The van der Waals surface area contributed by atoms with E-state index in [1.807, 2.05) is 0 Å². The predicted octanol–water partition coefficient (Wildman–Crippen LogP) is -2.05. The Labute approximate surface area is 107 Å². The third kappa shape index (κ3) is 1.68. The van der Waals surface area contributed by atoms with E-state index in [1.165, 1.54) is 16.8 Å². The van der Waals surface area contributed by atoms with Crippen LogP contribution in [0.4, 0.5) is 0 Å². The number of aromatic amines is 1. The quantitative estimate of drug-likeness (QED) is 0.570. The summed E-state index contributed by atoms with van der Waals surface area (Å²) in [5, 5.41) is 19.3. The first-order chi connectivity index (χ1) is 9.08. The number of aliphatic hydroxyl groups is 2. The number of nitrogens with one attached hydrogen (secondary N) is 1. The first kappa shape index (κ1) is 12.5. The van der Waals surface area contributed by atoms with Crippen LogP contribution < -0.4 is 11.2 Å². The largest absolute Gasteiger partial charge is 0.394 e. The molecule has 2 unspecified atom stereocenters. The van der Waals surface area contributed by atoms with Crippen LogP contribution in [0.3, 0.4) is 0 Å². The van der Waals surface area contributed by atoms with Crippen LogP contribution >= 0.6 is 0 Å². The van der Waals surface area contributed by atoms with E-state index in [0.717, 1.165) is 0 Å². The summed E-state index contributed by atoms with van der Waals surface area (Å²) in [5.41, 5.74) is -2.18. The minimum absolute atomic E-state index is 0.374. The smallest absolute Gasteiger partial charge is 0.330 e. The van der Waals surface area contributed by atoms with E-state index in [9.17, 15) is 19.8 Å². The van der Waals surface area contributed by atoms with Crippen LogP contribution in [-0.2, 0) is 9.47 Å². The Balaban J connectivity index is 2.04. The molecule has 1 aromatic heterocycles. The van der Waals surface area contributed by atoms with Gasteiger partial charge in [-0.1, -0.05) is 0 Å². The molecule has 2 aliphatic heterocycles. The van der Waals surface area contributed by atoms with Gasteiger partial charge in [-0.05, 0) is 0 Å². The second kappa shape index (κ2) is 4.27. The molecule has 0 aliphatic carbocycles. The molecule has 0 bridgehead atoms. The molecule has 0 amide bonds. The van der Waals surface area contributed by atoms with Crippen molar-refractivity contribution in [1.29, 1.82) is 0 Å². The van der Waals surface area contributed by atoms with Gasteiger partial charge in [0.2, 0.25) is 0 Å². The summed E-state index contributed by atoms with van der Waals surface area (Å²) in [6.07, 6.45) is -0.889. The molecule has 8 heteroatoms. The van der Waals surface area contributed by atoms with Crippen molar-refractivity contribution < 1.29 is 19.7 Å². The van der Waals surface area contributed by atoms with Gasteiger partial charge in [-0.2, -0.15) is 0 Å². The van der Waals surface area contributed by atoms with Crippen LogP contribution in [0.25, 0.3) is 0 Å². The molecule has 1 spiro atoms. The summed E-state index contributed by atoms with van der Waals surface area (Å²) in [6.45, 7) is 0.0774. The molecule has 3 N–H and O–H groups in total. The van der Waals surface area contributed by atoms with Crippen LogP contribution in [-0.4, -0.2) is 50.8 Å². The predicted molar refractivity (Wildman–Crippen MR) is 61.6 cm³/mol. The number of H-pyrrole nitrogens is 1. The van der Waals surface area contributed by atoms with Gasteiger partial charge in [-0.25, -0.2) is 4.79 Å². The SMILES string of the molecule is O=c1ccn(C2OC(CO)[C@@H](O)[C@@]23CCO3)c(=O)[nH]1. The maximum Gasteiger partial charge on any atom is 0.330 e. The zero-order chi connectivity index (χ0) is 13.6. The minimum Gasteiger partial charge on any atom is -0.394 e. The van der Waals surface area contributed by atoms with E-state index in [0.29, 0.717) is 13.0 Å². The highest BCUT2D eigenvalue weighted by atomic mass is 16.6. The van der Waals surface area contributed by atoms with Gasteiger partial charge in [0, 0.05) is 18.7 Å². The summed E-state index contributed by atoms with van der Waals surface area (Å²) < 4.78 is 12.1. The number of aliphatic hydroxyl groups excluding tert-OH is 2. The van der Waals surface area contributed by atoms with Gasteiger partial charge in [0.1, 0.15) is 17.8 Å². The fourth-order valence-corrected chi connectivity index (χ4v) is 2.64. The lowest BCUT2D eigenvalue weighted by atomic mass is 9.86. The van der Waals surface area contributed by atoms with Crippen molar-refractivity contribution in [3.63, 3.8) is 0 Å². The van der Waals surface area contributed by atoms with Crippen molar-refractivity contribution in [2.75, 3.05) is 13.2 Å². The molecular weight excluding hydrogens is 256 g/mol. The highest BCUT2D eigenvalue weighted by Crippen LogP contribution is 2.47. The number of aromatic nitrogens is 2. The Bertz CT molecular complexity index is 589. The Morgan fingerprint density at radius 3 is 2.79 bits per heavy atom. The lowest BCUT2D eigenvalue weighted by Crippen LogP contribution is -2.57. The third-order valence-electron chi connectivity index (χ3n) is 3.72. The first-order valence-corrected chi connectivity index (χ1v) is 5.98. The van der Waals surface area contributed by atoms with Gasteiger partial charge < -0.3 is 19.7 Å². The highest BCUT2D eigenvalue weighted by molar-refractivity contribution is 5.07. The van der Waals surface area contributed by atoms with Crippen LogP contribution in [0, 0.1) is 0 Å². The van der Waals surface area contributed by atoms with Crippen molar-refractivity contribution in [2.45, 2.75) is 30.5 Å². The van der Waals surface area contributed by atoms with Crippen LogP contribution in [0.1, 0.15) is 12.6 Å². The fraction of sp³-hybridized carbons (Fsp3) is 0.636. The van der Waals surface area contributed by atoms with E-state index in [1.54, 1.807) is 0 Å². The molecule has 104 valence electrons. The average molecular weight is 270 g/mol. The monoisotopic (exact) mass is 270 g/mol. The molecule has 0 aromatic carbocycles. The van der Waals surface area contributed by atoms with Crippen LogP contribution in [0.15, 0.2) is 21.9 Å².